The number of hydrogen-bond acceptors (Lipinski definition) is 5. The molecule has 2 N–H and O–H groups in total. The van der Waals surface area contributed by atoms with Crippen LogP contribution in [0.2, 0.25) is 0 Å². The van der Waals surface area contributed by atoms with Crippen LogP contribution in [0.3, 0.4) is 0 Å². The van der Waals surface area contributed by atoms with Crippen molar-refractivity contribution < 1.29 is 4.42 Å². The molecule has 0 bridgehead atoms. The van der Waals surface area contributed by atoms with Gasteiger partial charge in [-0.3, -0.25) is 0 Å². The van der Waals surface area contributed by atoms with Crippen molar-refractivity contribution in [2.75, 3.05) is 5.73 Å². The van der Waals surface area contributed by atoms with Crippen LogP contribution < -0.4 is 5.73 Å². The van der Waals surface area contributed by atoms with Crippen LogP contribution in [0.1, 0.15) is 5.76 Å². The number of hydrogen-bond donors (Lipinski definition) is 1. The van der Waals surface area contributed by atoms with Crippen molar-refractivity contribution in [3.05, 3.63) is 24.2 Å². The third-order valence-corrected chi connectivity index (χ3v) is 1.45. The van der Waals surface area contributed by atoms with E-state index in [0.717, 1.165) is 5.76 Å². The normalized spacial score (nSPS) is 10.3. The highest BCUT2D eigenvalue weighted by molar-refractivity contribution is 5.12. The summed E-state index contributed by atoms with van der Waals surface area (Å²) in [5.74, 6) is 1.06. The number of rotatable bonds is 2. The lowest BCUT2D eigenvalue weighted by Crippen LogP contribution is -2.05. The van der Waals surface area contributed by atoms with E-state index in [-0.39, 0.29) is 5.95 Å². The minimum absolute atomic E-state index is 0.284. The van der Waals surface area contributed by atoms with Crippen molar-refractivity contribution in [3.8, 4) is 0 Å². The zero-order chi connectivity index (χ0) is 8.39. The molecule has 0 radical (unpaired) electrons. The molecule has 0 aliphatic rings. The minimum atomic E-state index is 0.284. The van der Waals surface area contributed by atoms with E-state index in [4.69, 9.17) is 10.2 Å². The molecule has 6 nitrogen and oxygen atoms in total. The number of furan rings is 1. The van der Waals surface area contributed by atoms with Crippen LogP contribution in [0.25, 0.3) is 0 Å². The Labute approximate surface area is 68.0 Å². The molecule has 0 fully saturated rings. The molecule has 2 aromatic rings. The predicted molar refractivity (Wildman–Crippen MR) is 40.0 cm³/mol. The van der Waals surface area contributed by atoms with Gasteiger partial charge in [0.2, 0.25) is 5.95 Å². The smallest absolute Gasteiger partial charge is 0.240 e. The van der Waals surface area contributed by atoms with Crippen molar-refractivity contribution >= 4 is 5.95 Å². The molecule has 0 aliphatic carbocycles. The number of nitrogen functional groups attached to an aromatic ring is 1. The summed E-state index contributed by atoms with van der Waals surface area (Å²) >= 11 is 0. The Morgan fingerprint density at radius 3 is 3.08 bits per heavy atom. The van der Waals surface area contributed by atoms with Gasteiger partial charge in [0.25, 0.3) is 0 Å². The van der Waals surface area contributed by atoms with Gasteiger partial charge in [-0.25, -0.2) is 4.68 Å². The van der Waals surface area contributed by atoms with Crippen molar-refractivity contribution in [1.29, 1.82) is 0 Å². The maximum absolute atomic E-state index is 5.44. The maximum atomic E-state index is 5.44. The first-order chi connectivity index (χ1) is 5.86. The van der Waals surface area contributed by atoms with E-state index in [1.54, 1.807) is 12.3 Å². The van der Waals surface area contributed by atoms with Gasteiger partial charge in [0, 0.05) is 0 Å². The first-order valence-corrected chi connectivity index (χ1v) is 3.40. The summed E-state index contributed by atoms with van der Waals surface area (Å²) in [6, 6.07) is 3.64. The second kappa shape index (κ2) is 2.65. The molecule has 0 spiro atoms. The van der Waals surface area contributed by atoms with Crippen LogP contribution in [-0.4, -0.2) is 20.2 Å². The van der Waals surface area contributed by atoms with Crippen molar-refractivity contribution in [2.24, 2.45) is 0 Å². The molecular weight excluding hydrogens is 158 g/mol. The molecule has 2 aromatic heterocycles. The van der Waals surface area contributed by atoms with Gasteiger partial charge < -0.3 is 10.2 Å². The molecule has 2 heterocycles. The third-order valence-electron chi connectivity index (χ3n) is 1.45. The topological polar surface area (TPSA) is 82.8 Å². The maximum Gasteiger partial charge on any atom is 0.240 e. The summed E-state index contributed by atoms with van der Waals surface area (Å²) in [4.78, 5) is 0. The van der Waals surface area contributed by atoms with Crippen LogP contribution in [-0.2, 0) is 6.54 Å². The van der Waals surface area contributed by atoms with Crippen molar-refractivity contribution in [1.82, 2.24) is 20.2 Å². The Balaban J connectivity index is 2.20. The molecule has 2 rings (SSSR count). The average Bonchev–Trinajstić information content (AvgIpc) is 2.65. The highest BCUT2D eigenvalue weighted by Gasteiger charge is 2.02. The Morgan fingerprint density at radius 2 is 2.50 bits per heavy atom. The molecule has 0 saturated heterocycles. The number of nitrogens with two attached hydrogens (primary N) is 1. The number of nitrogens with zero attached hydrogens (tertiary/aromatic N) is 4. The second-order valence-electron chi connectivity index (χ2n) is 2.27. The molecule has 0 amide bonds. The highest BCUT2D eigenvalue weighted by Crippen LogP contribution is 2.03. The van der Waals surface area contributed by atoms with Gasteiger partial charge >= 0.3 is 0 Å². The standard InChI is InChI=1S/C6H7N5O/c7-6-8-9-10-11(6)4-5-2-1-3-12-5/h1-3H,4H2,(H2,7,8,10). The molecular formula is C6H7N5O. The van der Waals surface area contributed by atoms with E-state index in [2.05, 4.69) is 15.5 Å². The fourth-order valence-corrected chi connectivity index (χ4v) is 0.874. The van der Waals surface area contributed by atoms with Gasteiger partial charge in [-0.2, -0.15) is 0 Å². The Hall–Kier alpha value is -1.85. The summed E-state index contributed by atoms with van der Waals surface area (Å²) < 4.78 is 6.55. The largest absolute Gasteiger partial charge is 0.467 e. The first kappa shape index (κ1) is 6.84. The van der Waals surface area contributed by atoms with Gasteiger partial charge in [-0.1, -0.05) is 5.10 Å². The molecule has 62 valence electrons. The average molecular weight is 165 g/mol. The monoisotopic (exact) mass is 165 g/mol. The SMILES string of the molecule is Nc1nnnn1Cc1ccco1. The van der Waals surface area contributed by atoms with Crippen LogP contribution >= 0.6 is 0 Å². The fourth-order valence-electron chi connectivity index (χ4n) is 0.874. The molecule has 0 aromatic carbocycles. The summed E-state index contributed by atoms with van der Waals surface area (Å²) in [5.41, 5.74) is 5.44. The molecule has 0 unspecified atom stereocenters. The van der Waals surface area contributed by atoms with E-state index in [0.29, 0.717) is 6.54 Å². The van der Waals surface area contributed by atoms with Crippen molar-refractivity contribution in [2.45, 2.75) is 6.54 Å². The Kier molecular flexibility index (Phi) is 1.51. The van der Waals surface area contributed by atoms with E-state index < -0.39 is 0 Å². The van der Waals surface area contributed by atoms with Gasteiger partial charge in [0.1, 0.15) is 12.3 Å². The van der Waals surface area contributed by atoms with E-state index >= 15 is 0 Å². The van der Waals surface area contributed by atoms with Gasteiger partial charge in [0.15, 0.2) is 0 Å². The highest BCUT2D eigenvalue weighted by atomic mass is 16.3. The lowest BCUT2D eigenvalue weighted by atomic mass is 10.4. The van der Waals surface area contributed by atoms with E-state index in [1.807, 2.05) is 6.07 Å². The number of tetrazole rings is 1. The van der Waals surface area contributed by atoms with Crippen LogP contribution in [0.4, 0.5) is 5.95 Å². The Morgan fingerprint density at radius 1 is 1.58 bits per heavy atom. The number of aromatic nitrogens is 4. The van der Waals surface area contributed by atoms with Gasteiger partial charge in [0.05, 0.1) is 6.26 Å². The van der Waals surface area contributed by atoms with Crippen LogP contribution in [0.5, 0.6) is 0 Å². The summed E-state index contributed by atoms with van der Waals surface area (Å²) in [6.45, 7) is 0.464. The third kappa shape index (κ3) is 1.14. The summed E-state index contributed by atoms with van der Waals surface area (Å²) in [7, 11) is 0. The van der Waals surface area contributed by atoms with Crippen molar-refractivity contribution in [3.63, 3.8) is 0 Å². The Bertz CT molecular complexity index is 352. The summed E-state index contributed by atoms with van der Waals surface area (Å²) in [5, 5.41) is 10.6. The zero-order valence-electron chi connectivity index (χ0n) is 6.21. The lowest BCUT2D eigenvalue weighted by molar-refractivity contribution is 0.477. The molecule has 0 aliphatic heterocycles. The molecule has 6 heteroatoms. The fraction of sp³-hybridized carbons (Fsp3) is 0.167. The van der Waals surface area contributed by atoms with E-state index in [1.165, 1.54) is 4.68 Å². The second-order valence-corrected chi connectivity index (χ2v) is 2.27. The predicted octanol–water partition coefficient (Wildman–Crippen LogP) is -0.103. The van der Waals surface area contributed by atoms with Gasteiger partial charge in [-0.15, -0.1) is 0 Å². The van der Waals surface area contributed by atoms with E-state index in [9.17, 15) is 0 Å². The first-order valence-electron chi connectivity index (χ1n) is 3.40. The molecule has 0 saturated carbocycles. The van der Waals surface area contributed by atoms with Crippen LogP contribution in [0.15, 0.2) is 22.8 Å². The number of anilines is 1. The quantitative estimate of drug-likeness (QED) is 0.671. The van der Waals surface area contributed by atoms with Gasteiger partial charge in [-0.05, 0) is 22.6 Å². The molecule has 0 atom stereocenters. The zero-order valence-corrected chi connectivity index (χ0v) is 6.21. The summed E-state index contributed by atoms with van der Waals surface area (Å²) in [6.07, 6.45) is 1.59. The minimum Gasteiger partial charge on any atom is -0.467 e. The van der Waals surface area contributed by atoms with Crippen LogP contribution in [0, 0.1) is 0 Å². The molecule has 12 heavy (non-hydrogen) atoms. The lowest BCUT2D eigenvalue weighted by Gasteiger charge is -1.95.